The van der Waals surface area contributed by atoms with Gasteiger partial charge in [-0.25, -0.2) is 9.38 Å². The van der Waals surface area contributed by atoms with Gasteiger partial charge in [0.1, 0.15) is 28.5 Å². The second kappa shape index (κ2) is 7.45. The first-order valence-corrected chi connectivity index (χ1v) is 8.56. The van der Waals surface area contributed by atoms with Crippen LogP contribution in [0.2, 0.25) is 0 Å². The maximum absolute atomic E-state index is 14.0. The molecule has 0 spiro atoms. The van der Waals surface area contributed by atoms with Gasteiger partial charge in [0.15, 0.2) is 0 Å². The summed E-state index contributed by atoms with van der Waals surface area (Å²) in [6, 6.07) is 6.23. The number of nitrogens with two attached hydrogens (primary N) is 2. The van der Waals surface area contributed by atoms with Gasteiger partial charge >= 0.3 is 0 Å². The molecule has 3 rings (SSSR count). The van der Waals surface area contributed by atoms with E-state index >= 15 is 0 Å². The van der Waals surface area contributed by atoms with Gasteiger partial charge in [0, 0.05) is 6.54 Å². The molecule has 2 aromatic rings. The van der Waals surface area contributed by atoms with Gasteiger partial charge in [0.2, 0.25) is 5.43 Å². The number of primary amides is 1. The molecule has 0 radical (unpaired) electrons. The molecule has 0 unspecified atom stereocenters. The van der Waals surface area contributed by atoms with Crippen LogP contribution in [0.15, 0.2) is 45.9 Å². The van der Waals surface area contributed by atoms with Gasteiger partial charge in [0.05, 0.1) is 10.9 Å². The molecular weight excluding hydrogens is 349 g/mol. The van der Waals surface area contributed by atoms with Crippen LogP contribution in [0.4, 0.5) is 15.9 Å². The third kappa shape index (κ3) is 3.46. The lowest BCUT2D eigenvalue weighted by Crippen LogP contribution is -2.50. The third-order valence-corrected chi connectivity index (χ3v) is 4.29. The van der Waals surface area contributed by atoms with Crippen LogP contribution in [-0.4, -0.2) is 10.5 Å². The molecule has 1 aromatic heterocycles. The summed E-state index contributed by atoms with van der Waals surface area (Å²) in [5.74, 6) is -0.934. The highest BCUT2D eigenvalue weighted by atomic mass is 19.1. The van der Waals surface area contributed by atoms with E-state index in [1.54, 1.807) is 28.8 Å². The van der Waals surface area contributed by atoms with Gasteiger partial charge in [-0.3, -0.25) is 9.59 Å². The number of halogens is 1. The minimum atomic E-state index is -0.877. The number of nitrogen functional groups attached to an aromatic ring is 1. The summed E-state index contributed by atoms with van der Waals surface area (Å²) >= 11 is 0. The highest BCUT2D eigenvalue weighted by molar-refractivity contribution is 5.97. The molecule has 1 aromatic carbocycles. The van der Waals surface area contributed by atoms with Crippen molar-refractivity contribution in [1.29, 1.82) is 0 Å². The largest absolute Gasteiger partial charge is 0.384 e. The molecule has 5 N–H and O–H groups in total. The van der Waals surface area contributed by atoms with Crippen molar-refractivity contribution in [2.24, 2.45) is 10.7 Å². The molecule has 0 saturated heterocycles. The fourth-order valence-corrected chi connectivity index (χ4v) is 3.00. The summed E-state index contributed by atoms with van der Waals surface area (Å²) in [5, 5.41) is 3.21. The Labute approximate surface area is 154 Å². The van der Waals surface area contributed by atoms with Crippen molar-refractivity contribution in [2.75, 3.05) is 11.1 Å². The van der Waals surface area contributed by atoms with Crippen LogP contribution in [0.25, 0.3) is 6.08 Å². The van der Waals surface area contributed by atoms with Crippen LogP contribution < -0.4 is 32.9 Å². The van der Waals surface area contributed by atoms with E-state index in [1.807, 2.05) is 13.0 Å². The Morgan fingerprint density at radius 3 is 2.67 bits per heavy atom. The Bertz CT molecular complexity index is 1120. The van der Waals surface area contributed by atoms with Crippen molar-refractivity contribution in [2.45, 2.75) is 26.3 Å². The molecule has 0 bridgehead atoms. The Balaban J connectivity index is 2.27. The van der Waals surface area contributed by atoms with Gasteiger partial charge in [-0.1, -0.05) is 18.2 Å². The molecular formula is C19H20FN5O2. The molecule has 1 aliphatic heterocycles. The summed E-state index contributed by atoms with van der Waals surface area (Å²) < 4.78 is 15.5. The lowest BCUT2D eigenvalue weighted by Gasteiger charge is -2.14. The summed E-state index contributed by atoms with van der Waals surface area (Å²) in [5.41, 5.74) is 11.2. The van der Waals surface area contributed by atoms with E-state index in [0.717, 1.165) is 0 Å². The molecule has 140 valence electrons. The van der Waals surface area contributed by atoms with Crippen LogP contribution >= 0.6 is 0 Å². The molecule has 1 amide bonds. The zero-order chi connectivity index (χ0) is 19.6. The van der Waals surface area contributed by atoms with Crippen molar-refractivity contribution in [3.63, 3.8) is 0 Å². The molecule has 0 saturated carbocycles. The first-order chi connectivity index (χ1) is 12.9. The molecule has 2 heterocycles. The zero-order valence-electron chi connectivity index (χ0n) is 14.8. The predicted molar refractivity (Wildman–Crippen MR) is 102 cm³/mol. The number of hydrogen-bond donors (Lipinski definition) is 3. The summed E-state index contributed by atoms with van der Waals surface area (Å²) in [4.78, 5) is 29.0. The fraction of sp³-hybridized carbons (Fsp3) is 0.211. The number of pyridine rings is 1. The minimum Gasteiger partial charge on any atom is -0.384 e. The van der Waals surface area contributed by atoms with Crippen LogP contribution in [0.3, 0.4) is 0 Å². The number of para-hydroxylation sites is 1. The number of aromatic nitrogens is 1. The number of carbonyl (C=O) groups excluding carboxylic acids is 1. The number of fused-ring (bicyclic) bond motifs is 1. The van der Waals surface area contributed by atoms with Crippen LogP contribution in [0, 0.1) is 5.82 Å². The lowest BCUT2D eigenvalue weighted by atomic mass is 10.1. The number of nitrogens with one attached hydrogen (secondary N) is 1. The monoisotopic (exact) mass is 369 g/mol. The number of benzene rings is 1. The maximum Gasteiger partial charge on any atom is 0.256 e. The van der Waals surface area contributed by atoms with Gasteiger partial charge < -0.3 is 21.4 Å². The Morgan fingerprint density at radius 2 is 2.00 bits per heavy atom. The number of rotatable bonds is 4. The number of allylic oxidation sites excluding steroid dienone is 1. The quantitative estimate of drug-likeness (QED) is 0.740. The molecule has 8 heteroatoms. The van der Waals surface area contributed by atoms with Crippen LogP contribution in [0.5, 0.6) is 0 Å². The Kier molecular flexibility index (Phi) is 5.07. The summed E-state index contributed by atoms with van der Waals surface area (Å²) in [6.45, 7) is 2.19. The number of nitrogens with zero attached hydrogens (tertiary/aromatic N) is 2. The number of amides is 1. The third-order valence-electron chi connectivity index (χ3n) is 4.29. The molecule has 0 aliphatic carbocycles. The summed E-state index contributed by atoms with van der Waals surface area (Å²) in [7, 11) is 0. The van der Waals surface area contributed by atoms with E-state index in [9.17, 15) is 14.0 Å². The smallest absolute Gasteiger partial charge is 0.256 e. The van der Waals surface area contributed by atoms with Crippen molar-refractivity contribution < 1.29 is 9.18 Å². The van der Waals surface area contributed by atoms with E-state index in [0.29, 0.717) is 30.7 Å². The minimum absolute atomic E-state index is 0.0308. The van der Waals surface area contributed by atoms with Crippen molar-refractivity contribution in [3.05, 3.63) is 68.5 Å². The fourth-order valence-electron chi connectivity index (χ4n) is 3.00. The van der Waals surface area contributed by atoms with E-state index in [2.05, 4.69) is 10.3 Å². The van der Waals surface area contributed by atoms with Gasteiger partial charge in [-0.15, -0.1) is 0 Å². The Hall–Kier alpha value is -3.42. The van der Waals surface area contributed by atoms with E-state index < -0.39 is 17.2 Å². The first kappa shape index (κ1) is 18.4. The standard InChI is InChI=1S/C19H20FN5O2/c1-2-25-17(21)15(18(22)27)16(26)11-7-3-6-10-14(24-19(11)25)23-13-9-5-4-8-12(13)20/h4-5,7-10,23H,2-3,6,21H2,1H3,(H2,22,27). The van der Waals surface area contributed by atoms with E-state index in [-0.39, 0.29) is 22.3 Å². The number of carbonyl (C=O) groups is 1. The number of hydrogen-bond acceptors (Lipinski definition) is 5. The van der Waals surface area contributed by atoms with Gasteiger partial charge in [0.25, 0.3) is 5.91 Å². The molecule has 1 aliphatic rings. The van der Waals surface area contributed by atoms with Gasteiger partial charge in [-0.05, 0) is 38.0 Å². The van der Waals surface area contributed by atoms with Gasteiger partial charge in [-0.2, -0.15) is 0 Å². The first-order valence-electron chi connectivity index (χ1n) is 8.56. The highest BCUT2D eigenvalue weighted by Gasteiger charge is 2.18. The van der Waals surface area contributed by atoms with Crippen LogP contribution in [0.1, 0.15) is 30.1 Å². The molecule has 0 fully saturated rings. The zero-order valence-corrected chi connectivity index (χ0v) is 14.8. The molecule has 0 atom stereocenters. The van der Waals surface area contributed by atoms with Crippen LogP contribution in [-0.2, 0) is 6.54 Å². The highest BCUT2D eigenvalue weighted by Crippen LogP contribution is 2.16. The maximum atomic E-state index is 14.0. The second-order valence-electron chi connectivity index (χ2n) is 6.02. The topological polar surface area (TPSA) is 115 Å². The lowest BCUT2D eigenvalue weighted by molar-refractivity contribution is 0.0999. The van der Waals surface area contributed by atoms with Crippen molar-refractivity contribution in [3.8, 4) is 0 Å². The van der Waals surface area contributed by atoms with Crippen molar-refractivity contribution in [1.82, 2.24) is 4.57 Å². The van der Waals surface area contributed by atoms with E-state index in [1.165, 1.54) is 6.07 Å². The Morgan fingerprint density at radius 1 is 1.30 bits per heavy atom. The summed E-state index contributed by atoms with van der Waals surface area (Å²) in [6.07, 6.45) is 4.66. The average molecular weight is 369 g/mol. The number of anilines is 2. The normalized spacial score (nSPS) is 13.3. The molecule has 27 heavy (non-hydrogen) atoms. The second-order valence-corrected chi connectivity index (χ2v) is 6.02. The predicted octanol–water partition coefficient (Wildman–Crippen LogP) is 0.836. The SMILES string of the molecule is CCn1c(N)c(C(N)=O)c(=O)c2c1=NC(Nc1ccccc1F)=CCCC=2. The van der Waals surface area contributed by atoms with E-state index in [4.69, 9.17) is 11.5 Å². The average Bonchev–Trinajstić information content (AvgIpc) is 2.60. The van der Waals surface area contributed by atoms with Crippen molar-refractivity contribution >= 4 is 23.5 Å². The molecule has 7 nitrogen and oxygen atoms in total.